The first kappa shape index (κ1) is 25.6. The van der Waals surface area contributed by atoms with Crippen molar-refractivity contribution < 1.29 is 19.1 Å². The van der Waals surface area contributed by atoms with Crippen molar-refractivity contribution in [3.63, 3.8) is 0 Å². The van der Waals surface area contributed by atoms with Crippen molar-refractivity contribution in [2.45, 2.75) is 5.92 Å². The van der Waals surface area contributed by atoms with E-state index in [1.165, 1.54) is 26.4 Å². The lowest BCUT2D eigenvalue weighted by molar-refractivity contribution is -0.136. The molecule has 9 heteroatoms. The average Bonchev–Trinajstić information content (AvgIpc) is 3.55. The Kier molecular flexibility index (Phi) is 8.11. The number of nitrogens with zero attached hydrogens (tertiary/aromatic N) is 3. The topological polar surface area (TPSA) is 135 Å². The zero-order valence-electron chi connectivity index (χ0n) is 20.3. The van der Waals surface area contributed by atoms with Gasteiger partial charge in [-0.1, -0.05) is 12.1 Å². The Morgan fingerprint density at radius 2 is 1.25 bits per heavy atom. The molecule has 36 heavy (non-hydrogen) atoms. The molecule has 0 radical (unpaired) electrons. The number of H-pyrrole nitrogens is 2. The van der Waals surface area contributed by atoms with E-state index in [0.29, 0.717) is 11.4 Å². The summed E-state index contributed by atoms with van der Waals surface area (Å²) in [5.74, 6) is -1.72. The molecule has 0 aliphatic rings. The second-order valence-electron chi connectivity index (χ2n) is 7.98. The third-order valence-electron chi connectivity index (χ3n) is 5.48. The predicted molar refractivity (Wildman–Crippen MR) is 135 cm³/mol. The van der Waals surface area contributed by atoms with E-state index >= 15 is 0 Å². The Hall–Kier alpha value is -5.02. The van der Waals surface area contributed by atoms with Gasteiger partial charge in [-0.2, -0.15) is 10.5 Å². The molecule has 0 atom stereocenters. The van der Waals surface area contributed by atoms with Crippen LogP contribution in [0.25, 0.3) is 12.2 Å². The fourth-order valence-corrected chi connectivity index (χ4v) is 3.66. The lowest BCUT2D eigenvalue weighted by Crippen LogP contribution is -2.09. The number of aromatic nitrogens is 2. The van der Waals surface area contributed by atoms with Gasteiger partial charge in [-0.25, -0.2) is 9.59 Å². The second-order valence-corrected chi connectivity index (χ2v) is 7.98. The van der Waals surface area contributed by atoms with E-state index in [9.17, 15) is 20.1 Å². The molecule has 3 aromatic rings. The van der Waals surface area contributed by atoms with Gasteiger partial charge in [0.05, 0.1) is 20.1 Å². The van der Waals surface area contributed by atoms with Crippen LogP contribution in [0.1, 0.15) is 34.3 Å². The minimum absolute atomic E-state index is 0.128. The van der Waals surface area contributed by atoms with Gasteiger partial charge < -0.3 is 24.3 Å². The summed E-state index contributed by atoms with van der Waals surface area (Å²) in [4.78, 5) is 32.2. The molecule has 0 spiro atoms. The Morgan fingerprint density at radius 3 is 1.61 bits per heavy atom. The first-order valence-electron chi connectivity index (χ1n) is 10.9. The number of nitrogens with one attached hydrogen (secondary N) is 2. The van der Waals surface area contributed by atoms with Gasteiger partial charge in [0.2, 0.25) is 0 Å². The highest BCUT2D eigenvalue weighted by atomic mass is 16.5. The molecule has 0 fully saturated rings. The number of anilines is 1. The van der Waals surface area contributed by atoms with Crippen LogP contribution in [0.15, 0.2) is 59.7 Å². The first-order valence-corrected chi connectivity index (χ1v) is 10.9. The molecular formula is C27H25N5O4. The first-order chi connectivity index (χ1) is 17.3. The molecule has 1 aromatic carbocycles. The monoisotopic (exact) mass is 483 g/mol. The van der Waals surface area contributed by atoms with Crippen LogP contribution in [-0.2, 0) is 19.1 Å². The van der Waals surface area contributed by atoms with Crippen LogP contribution in [0.2, 0.25) is 0 Å². The van der Waals surface area contributed by atoms with Crippen molar-refractivity contribution in [2.75, 3.05) is 33.2 Å². The van der Waals surface area contributed by atoms with Crippen LogP contribution in [0.5, 0.6) is 0 Å². The van der Waals surface area contributed by atoms with E-state index in [1.807, 2.05) is 67.5 Å². The highest BCUT2D eigenvalue weighted by Gasteiger charge is 2.21. The number of nitriles is 2. The van der Waals surface area contributed by atoms with Gasteiger partial charge >= 0.3 is 11.9 Å². The number of ether oxygens (including phenoxy) is 2. The predicted octanol–water partition coefficient (Wildman–Crippen LogP) is 3.75. The van der Waals surface area contributed by atoms with Crippen LogP contribution < -0.4 is 4.90 Å². The molecule has 9 nitrogen and oxygen atoms in total. The summed E-state index contributed by atoms with van der Waals surface area (Å²) in [5, 5.41) is 18.6. The van der Waals surface area contributed by atoms with Gasteiger partial charge in [0, 0.05) is 42.6 Å². The van der Waals surface area contributed by atoms with E-state index in [2.05, 4.69) is 19.4 Å². The minimum Gasteiger partial charge on any atom is -0.465 e. The lowest BCUT2D eigenvalue weighted by atomic mass is 9.92. The van der Waals surface area contributed by atoms with Crippen LogP contribution in [0, 0.1) is 22.7 Å². The Morgan fingerprint density at radius 1 is 0.806 bits per heavy atom. The summed E-state index contributed by atoms with van der Waals surface area (Å²) in [5.41, 5.74) is 4.47. The normalized spacial score (nSPS) is 12.3. The number of hydrogen-bond acceptors (Lipinski definition) is 7. The van der Waals surface area contributed by atoms with Crippen molar-refractivity contribution in [3.05, 3.63) is 88.0 Å². The molecule has 0 aliphatic carbocycles. The van der Waals surface area contributed by atoms with Crippen LogP contribution in [-0.4, -0.2) is 50.2 Å². The highest BCUT2D eigenvalue weighted by Crippen LogP contribution is 2.32. The van der Waals surface area contributed by atoms with E-state index in [0.717, 1.165) is 22.6 Å². The quantitative estimate of drug-likeness (QED) is 0.283. The molecule has 0 unspecified atom stereocenters. The van der Waals surface area contributed by atoms with E-state index in [-0.39, 0.29) is 17.1 Å². The number of rotatable bonds is 8. The molecular weight excluding hydrogens is 458 g/mol. The van der Waals surface area contributed by atoms with Gasteiger partial charge in [-0.3, -0.25) is 0 Å². The maximum absolute atomic E-state index is 11.8. The van der Waals surface area contributed by atoms with E-state index in [4.69, 9.17) is 0 Å². The molecule has 0 aliphatic heterocycles. The summed E-state index contributed by atoms with van der Waals surface area (Å²) in [6.45, 7) is 0. The largest absolute Gasteiger partial charge is 0.465 e. The highest BCUT2D eigenvalue weighted by molar-refractivity contribution is 5.98. The Balaban J connectivity index is 2.07. The zero-order valence-corrected chi connectivity index (χ0v) is 20.3. The average molecular weight is 484 g/mol. The Labute approximate surface area is 208 Å². The van der Waals surface area contributed by atoms with Gasteiger partial charge in [-0.05, 0) is 54.1 Å². The summed E-state index contributed by atoms with van der Waals surface area (Å²) in [6, 6.07) is 19.0. The molecule has 2 heterocycles. The molecule has 0 bridgehead atoms. The molecule has 3 rings (SSSR count). The van der Waals surface area contributed by atoms with Crippen molar-refractivity contribution in [1.29, 1.82) is 10.5 Å². The van der Waals surface area contributed by atoms with Crippen molar-refractivity contribution in [1.82, 2.24) is 9.97 Å². The van der Waals surface area contributed by atoms with E-state index < -0.39 is 11.9 Å². The number of hydrogen-bond donors (Lipinski definition) is 2. The van der Waals surface area contributed by atoms with Crippen LogP contribution >= 0.6 is 0 Å². The van der Waals surface area contributed by atoms with Gasteiger partial charge in [0.25, 0.3) is 0 Å². The van der Waals surface area contributed by atoms with Gasteiger partial charge in [-0.15, -0.1) is 0 Å². The molecule has 182 valence electrons. The molecule has 0 saturated heterocycles. The third-order valence-corrected chi connectivity index (χ3v) is 5.48. The molecule has 0 amide bonds. The summed E-state index contributed by atoms with van der Waals surface area (Å²) in [6.07, 6.45) is 2.86. The zero-order chi connectivity index (χ0) is 26.2. The number of methoxy groups -OCH3 is 2. The summed E-state index contributed by atoms with van der Waals surface area (Å²) < 4.78 is 9.31. The maximum Gasteiger partial charge on any atom is 0.348 e. The third kappa shape index (κ3) is 5.72. The lowest BCUT2D eigenvalue weighted by Gasteiger charge is -2.18. The SMILES string of the molecule is COC(=O)/C(C#N)=C\c1ccc(C(c2ccc(N(C)C)cc2)c2ccc(/C=C(/C#N)C(=O)OC)[nH]2)[nH]1. The van der Waals surface area contributed by atoms with Crippen LogP contribution in [0.3, 0.4) is 0 Å². The molecule has 2 aromatic heterocycles. The number of carbonyl (C=O) groups is 2. The maximum atomic E-state index is 11.8. The standard InChI is InChI=1S/C27H25N5O4/c1-32(2)22-9-5-17(6-10-22)25(23-11-7-20(30-23)13-18(15-28)26(33)35-3)24-12-8-21(31-24)14-19(16-29)27(34)36-4/h5-14,25,30-31H,1-4H3/b18-13-,19-14-. The van der Waals surface area contributed by atoms with Crippen LogP contribution in [0.4, 0.5) is 5.69 Å². The molecule has 0 saturated carbocycles. The number of aromatic amines is 2. The fourth-order valence-electron chi connectivity index (χ4n) is 3.66. The number of benzene rings is 1. The summed E-state index contributed by atoms with van der Waals surface area (Å²) in [7, 11) is 6.36. The van der Waals surface area contributed by atoms with Crippen molar-refractivity contribution in [2.24, 2.45) is 0 Å². The molecule has 2 N–H and O–H groups in total. The number of esters is 2. The second kappa shape index (κ2) is 11.4. The number of carbonyl (C=O) groups excluding carboxylic acids is 2. The van der Waals surface area contributed by atoms with Gasteiger partial charge in [0.1, 0.15) is 23.3 Å². The Bertz CT molecular complexity index is 1310. The smallest absolute Gasteiger partial charge is 0.348 e. The minimum atomic E-state index is -0.718. The van der Waals surface area contributed by atoms with E-state index in [1.54, 1.807) is 12.1 Å². The summed E-state index contributed by atoms with van der Waals surface area (Å²) >= 11 is 0. The van der Waals surface area contributed by atoms with Crippen molar-refractivity contribution >= 4 is 29.8 Å². The van der Waals surface area contributed by atoms with Gasteiger partial charge in [0.15, 0.2) is 0 Å². The fraction of sp³-hybridized carbons (Fsp3) is 0.185. The van der Waals surface area contributed by atoms with Crippen molar-refractivity contribution in [3.8, 4) is 12.1 Å².